The highest BCUT2D eigenvalue weighted by atomic mass is 32.2. The van der Waals surface area contributed by atoms with Gasteiger partial charge in [-0.05, 0) is 50.1 Å². The number of piperidine rings is 1. The van der Waals surface area contributed by atoms with Crippen molar-refractivity contribution in [3.8, 4) is 0 Å². The predicted octanol–water partition coefficient (Wildman–Crippen LogP) is 2.65. The lowest BCUT2D eigenvalue weighted by atomic mass is 9.97. The summed E-state index contributed by atoms with van der Waals surface area (Å²) in [5.74, 6) is 0.518. The quantitative estimate of drug-likeness (QED) is 0.677. The lowest BCUT2D eigenvalue weighted by Crippen LogP contribution is -2.41. The lowest BCUT2D eigenvalue weighted by molar-refractivity contribution is -0.120. The smallest absolute Gasteiger partial charge is 0.231 e. The normalized spacial score (nSPS) is 17.4. The van der Waals surface area contributed by atoms with E-state index >= 15 is 0 Å². The third-order valence-electron chi connectivity index (χ3n) is 4.92. The molecule has 0 saturated carbocycles. The number of sulfone groups is 1. The van der Waals surface area contributed by atoms with Crippen LogP contribution in [-0.2, 0) is 14.6 Å². The van der Waals surface area contributed by atoms with Crippen molar-refractivity contribution in [2.24, 2.45) is 5.92 Å². The van der Waals surface area contributed by atoms with Crippen LogP contribution in [0, 0.1) is 12.8 Å². The summed E-state index contributed by atoms with van der Waals surface area (Å²) >= 11 is 1.28. The van der Waals surface area contributed by atoms with Crippen LogP contribution in [0.2, 0.25) is 0 Å². The molecule has 29 heavy (non-hydrogen) atoms. The zero-order valence-corrected chi connectivity index (χ0v) is 17.8. The maximum atomic E-state index is 12.8. The fourth-order valence-corrected chi connectivity index (χ4v) is 4.99. The Morgan fingerprint density at radius 1 is 1.24 bits per heavy atom. The van der Waals surface area contributed by atoms with Crippen LogP contribution in [0.5, 0.6) is 0 Å². The monoisotopic (exact) mass is 431 g/mol. The van der Waals surface area contributed by atoms with Crippen LogP contribution in [0.3, 0.4) is 0 Å². The Balaban J connectivity index is 1.47. The third kappa shape index (κ3) is 4.38. The predicted molar refractivity (Wildman–Crippen MR) is 113 cm³/mol. The summed E-state index contributed by atoms with van der Waals surface area (Å²) in [6.45, 7) is 3.31. The zero-order valence-electron chi connectivity index (χ0n) is 16.1. The molecule has 0 bridgehead atoms. The standard InChI is InChI=1S/C19H21N5O3S2/c1-12-5-8-17(23-22-12)24-9-3-4-13(11-24)18(25)21-19-20-15-7-6-14(29(2,26)27)10-16(15)28-19/h5-8,10,13H,3-4,9,11H2,1-2H3,(H,20,21,25). The number of carbonyl (C=O) groups excluding carboxylic acids is 1. The number of amides is 1. The molecule has 152 valence electrons. The van der Waals surface area contributed by atoms with E-state index in [1.807, 2.05) is 19.1 Å². The van der Waals surface area contributed by atoms with Gasteiger partial charge in [0.15, 0.2) is 20.8 Å². The first kappa shape index (κ1) is 19.7. The summed E-state index contributed by atoms with van der Waals surface area (Å²) in [6, 6.07) is 8.63. The Kier molecular flexibility index (Phi) is 5.22. The van der Waals surface area contributed by atoms with Crippen molar-refractivity contribution in [3.05, 3.63) is 36.0 Å². The second kappa shape index (κ2) is 7.68. The molecule has 4 rings (SSSR count). The summed E-state index contributed by atoms with van der Waals surface area (Å²) in [5.41, 5.74) is 1.52. The molecule has 8 nitrogen and oxygen atoms in total. The molecule has 0 radical (unpaired) electrons. The van der Waals surface area contributed by atoms with Gasteiger partial charge in [-0.3, -0.25) is 4.79 Å². The van der Waals surface area contributed by atoms with E-state index in [0.29, 0.717) is 17.2 Å². The first-order valence-corrected chi connectivity index (χ1v) is 12.0. The Bertz CT molecular complexity index is 1160. The van der Waals surface area contributed by atoms with Gasteiger partial charge in [0.2, 0.25) is 5.91 Å². The number of thiazole rings is 1. The van der Waals surface area contributed by atoms with Gasteiger partial charge in [0.25, 0.3) is 0 Å². The number of aryl methyl sites for hydroxylation is 1. The Morgan fingerprint density at radius 3 is 2.79 bits per heavy atom. The van der Waals surface area contributed by atoms with Crippen molar-refractivity contribution in [2.75, 3.05) is 29.6 Å². The average Bonchev–Trinajstić information content (AvgIpc) is 3.09. The molecule has 10 heteroatoms. The second-order valence-corrected chi connectivity index (χ2v) is 10.3. The number of hydrogen-bond donors (Lipinski definition) is 1. The summed E-state index contributed by atoms with van der Waals surface area (Å²) < 4.78 is 24.2. The molecule has 2 aromatic heterocycles. The number of anilines is 2. The van der Waals surface area contributed by atoms with Gasteiger partial charge in [-0.15, -0.1) is 5.10 Å². The van der Waals surface area contributed by atoms with E-state index in [-0.39, 0.29) is 16.7 Å². The molecule has 1 N–H and O–H groups in total. The van der Waals surface area contributed by atoms with Gasteiger partial charge in [0.05, 0.1) is 26.7 Å². The molecule has 0 aliphatic carbocycles. The fraction of sp³-hybridized carbons (Fsp3) is 0.368. The number of benzene rings is 1. The minimum atomic E-state index is -3.29. The number of nitrogens with one attached hydrogen (secondary N) is 1. The van der Waals surface area contributed by atoms with Crippen LogP contribution in [0.25, 0.3) is 10.2 Å². The summed E-state index contributed by atoms with van der Waals surface area (Å²) in [4.78, 5) is 19.5. The number of fused-ring (bicyclic) bond motifs is 1. The minimum absolute atomic E-state index is 0.0860. The Morgan fingerprint density at radius 2 is 2.07 bits per heavy atom. The Hall–Kier alpha value is -2.59. The molecule has 3 aromatic rings. The van der Waals surface area contributed by atoms with E-state index in [1.54, 1.807) is 12.1 Å². The van der Waals surface area contributed by atoms with Gasteiger partial charge in [0, 0.05) is 19.3 Å². The largest absolute Gasteiger partial charge is 0.354 e. The van der Waals surface area contributed by atoms with Gasteiger partial charge in [-0.2, -0.15) is 5.10 Å². The van der Waals surface area contributed by atoms with E-state index in [2.05, 4.69) is 25.4 Å². The summed E-state index contributed by atoms with van der Waals surface area (Å²) in [5, 5.41) is 11.7. The highest BCUT2D eigenvalue weighted by Crippen LogP contribution is 2.29. The maximum absolute atomic E-state index is 12.8. The first-order valence-electron chi connectivity index (χ1n) is 9.26. The van der Waals surface area contributed by atoms with Gasteiger partial charge < -0.3 is 10.2 Å². The third-order valence-corrected chi connectivity index (χ3v) is 6.96. The van der Waals surface area contributed by atoms with Crippen LogP contribution in [0.15, 0.2) is 35.2 Å². The molecule has 1 aliphatic rings. The van der Waals surface area contributed by atoms with Crippen molar-refractivity contribution < 1.29 is 13.2 Å². The molecule has 1 atom stereocenters. The molecular formula is C19H21N5O3S2. The molecule has 1 aromatic carbocycles. The number of hydrogen-bond acceptors (Lipinski definition) is 8. The van der Waals surface area contributed by atoms with Crippen LogP contribution >= 0.6 is 11.3 Å². The van der Waals surface area contributed by atoms with Crippen LogP contribution < -0.4 is 10.2 Å². The topological polar surface area (TPSA) is 105 Å². The van der Waals surface area contributed by atoms with Gasteiger partial charge in [-0.1, -0.05) is 11.3 Å². The van der Waals surface area contributed by atoms with E-state index < -0.39 is 9.84 Å². The zero-order chi connectivity index (χ0) is 20.6. The number of nitrogens with zero attached hydrogens (tertiary/aromatic N) is 4. The van der Waals surface area contributed by atoms with E-state index in [9.17, 15) is 13.2 Å². The maximum Gasteiger partial charge on any atom is 0.231 e. The van der Waals surface area contributed by atoms with Gasteiger partial charge in [0.1, 0.15) is 0 Å². The van der Waals surface area contributed by atoms with Crippen molar-refractivity contribution >= 4 is 48.2 Å². The molecular weight excluding hydrogens is 410 g/mol. The lowest BCUT2D eigenvalue weighted by Gasteiger charge is -2.32. The van der Waals surface area contributed by atoms with Crippen molar-refractivity contribution in [3.63, 3.8) is 0 Å². The average molecular weight is 432 g/mol. The second-order valence-electron chi connectivity index (χ2n) is 7.23. The Labute approximate surface area is 172 Å². The number of aromatic nitrogens is 3. The molecule has 1 amide bonds. The number of rotatable bonds is 4. The van der Waals surface area contributed by atoms with E-state index in [0.717, 1.165) is 35.6 Å². The highest BCUT2D eigenvalue weighted by Gasteiger charge is 2.27. The van der Waals surface area contributed by atoms with Gasteiger partial charge in [-0.25, -0.2) is 13.4 Å². The summed E-state index contributed by atoms with van der Waals surface area (Å²) in [6.07, 6.45) is 2.86. The molecule has 1 saturated heterocycles. The minimum Gasteiger partial charge on any atom is -0.354 e. The molecule has 1 unspecified atom stereocenters. The van der Waals surface area contributed by atoms with Crippen LogP contribution in [0.1, 0.15) is 18.5 Å². The van der Waals surface area contributed by atoms with Gasteiger partial charge >= 0.3 is 0 Å². The van der Waals surface area contributed by atoms with Crippen LogP contribution in [-0.4, -0.2) is 48.9 Å². The van der Waals surface area contributed by atoms with E-state index in [4.69, 9.17) is 0 Å². The highest BCUT2D eigenvalue weighted by molar-refractivity contribution is 7.90. The molecule has 3 heterocycles. The van der Waals surface area contributed by atoms with Crippen molar-refractivity contribution in [1.29, 1.82) is 0 Å². The first-order chi connectivity index (χ1) is 13.8. The number of carbonyl (C=O) groups is 1. The fourth-order valence-electron chi connectivity index (χ4n) is 3.36. The molecule has 0 spiro atoms. The summed E-state index contributed by atoms with van der Waals surface area (Å²) in [7, 11) is -3.29. The van der Waals surface area contributed by atoms with Crippen LogP contribution in [0.4, 0.5) is 10.9 Å². The van der Waals surface area contributed by atoms with E-state index in [1.165, 1.54) is 23.7 Å². The van der Waals surface area contributed by atoms with Crippen molar-refractivity contribution in [2.45, 2.75) is 24.7 Å². The molecule has 1 fully saturated rings. The SMILES string of the molecule is Cc1ccc(N2CCCC(C(=O)Nc3nc4ccc(S(C)(=O)=O)cc4s3)C2)nn1. The van der Waals surface area contributed by atoms with Crippen molar-refractivity contribution in [1.82, 2.24) is 15.2 Å². The molecule has 1 aliphatic heterocycles.